The van der Waals surface area contributed by atoms with E-state index in [2.05, 4.69) is 53.8 Å². The first-order valence-corrected chi connectivity index (χ1v) is 12.4. The average molecular weight is 465 g/mol. The first-order chi connectivity index (χ1) is 15.8. The van der Waals surface area contributed by atoms with Crippen molar-refractivity contribution < 1.29 is 14.7 Å². The van der Waals surface area contributed by atoms with E-state index in [0.717, 1.165) is 12.8 Å². The second kappa shape index (κ2) is 9.74. The van der Waals surface area contributed by atoms with Gasteiger partial charge >= 0.3 is 0 Å². The molecular weight excluding hydrogens is 432 g/mol. The van der Waals surface area contributed by atoms with Crippen molar-refractivity contribution in [3.63, 3.8) is 0 Å². The minimum atomic E-state index is -0.562. The Labute approximate surface area is 200 Å². The Balaban J connectivity index is 1.48. The monoisotopic (exact) mass is 464 g/mol. The number of aliphatic hydroxyl groups excluding tert-OH is 1. The predicted octanol–water partition coefficient (Wildman–Crippen LogP) is 4.49. The molecule has 2 heterocycles. The summed E-state index contributed by atoms with van der Waals surface area (Å²) < 4.78 is 0. The molecule has 2 aliphatic rings. The maximum absolute atomic E-state index is 12.9. The molecule has 33 heavy (non-hydrogen) atoms. The Morgan fingerprint density at radius 1 is 1.00 bits per heavy atom. The SMILES string of the molecule is CC(C)(C)C(=O)NC(CO)CC(=O)N1CCC(=C2c3ccccc3Sc3ccccc32)CC1. The number of hydrogen-bond acceptors (Lipinski definition) is 4. The zero-order valence-electron chi connectivity index (χ0n) is 19.6. The van der Waals surface area contributed by atoms with Crippen LogP contribution < -0.4 is 5.32 Å². The Hall–Kier alpha value is -2.57. The number of hydrogen-bond donors (Lipinski definition) is 2. The number of aliphatic hydroxyl groups is 1. The molecule has 4 rings (SSSR count). The van der Waals surface area contributed by atoms with Gasteiger partial charge in [0.1, 0.15) is 0 Å². The van der Waals surface area contributed by atoms with Crippen molar-refractivity contribution in [1.29, 1.82) is 0 Å². The quantitative estimate of drug-likeness (QED) is 0.597. The molecule has 1 atom stereocenters. The number of nitrogens with zero attached hydrogens (tertiary/aromatic N) is 1. The summed E-state index contributed by atoms with van der Waals surface area (Å²) in [4.78, 5) is 29.6. The van der Waals surface area contributed by atoms with Crippen LogP contribution >= 0.6 is 11.8 Å². The van der Waals surface area contributed by atoms with E-state index in [1.807, 2.05) is 37.4 Å². The van der Waals surface area contributed by atoms with E-state index in [0.29, 0.717) is 13.1 Å². The summed E-state index contributed by atoms with van der Waals surface area (Å²) in [6.45, 7) is 6.51. The van der Waals surface area contributed by atoms with Crippen molar-refractivity contribution in [2.24, 2.45) is 5.41 Å². The number of rotatable bonds is 4. The van der Waals surface area contributed by atoms with Gasteiger partial charge in [-0.25, -0.2) is 0 Å². The van der Waals surface area contributed by atoms with E-state index < -0.39 is 11.5 Å². The van der Waals surface area contributed by atoms with Gasteiger partial charge in [-0.05, 0) is 41.7 Å². The van der Waals surface area contributed by atoms with Crippen LogP contribution in [-0.2, 0) is 9.59 Å². The van der Waals surface area contributed by atoms with Crippen molar-refractivity contribution in [2.75, 3.05) is 19.7 Å². The van der Waals surface area contributed by atoms with E-state index in [1.54, 1.807) is 0 Å². The zero-order valence-corrected chi connectivity index (χ0v) is 20.4. The van der Waals surface area contributed by atoms with Gasteiger partial charge in [-0.2, -0.15) is 0 Å². The summed E-state index contributed by atoms with van der Waals surface area (Å²) in [5.74, 6) is -0.181. The molecule has 0 aromatic heterocycles. The molecule has 2 N–H and O–H groups in total. The van der Waals surface area contributed by atoms with Gasteiger partial charge in [0.25, 0.3) is 0 Å². The Kier molecular flexibility index (Phi) is 6.96. The lowest BCUT2D eigenvalue weighted by Gasteiger charge is -2.33. The number of amides is 2. The number of likely N-dealkylation sites (tertiary alicyclic amines) is 1. The number of carbonyl (C=O) groups excluding carboxylic acids is 2. The molecule has 0 aliphatic carbocycles. The van der Waals surface area contributed by atoms with Crippen molar-refractivity contribution in [3.8, 4) is 0 Å². The Bertz CT molecular complexity index is 1030. The fraction of sp³-hybridized carbons (Fsp3) is 0.407. The molecule has 1 saturated heterocycles. The van der Waals surface area contributed by atoms with Gasteiger partial charge in [0.2, 0.25) is 11.8 Å². The van der Waals surface area contributed by atoms with Crippen LogP contribution in [0.25, 0.3) is 5.57 Å². The van der Waals surface area contributed by atoms with Gasteiger partial charge in [-0.15, -0.1) is 0 Å². The van der Waals surface area contributed by atoms with E-state index in [9.17, 15) is 14.7 Å². The van der Waals surface area contributed by atoms with Gasteiger partial charge in [0, 0.05) is 34.7 Å². The third-order valence-electron chi connectivity index (χ3n) is 6.26. The van der Waals surface area contributed by atoms with Crippen molar-refractivity contribution in [3.05, 3.63) is 65.2 Å². The molecule has 6 heteroatoms. The molecule has 0 radical (unpaired) electrons. The van der Waals surface area contributed by atoms with E-state index in [4.69, 9.17) is 0 Å². The number of fused-ring (bicyclic) bond motifs is 2. The summed E-state index contributed by atoms with van der Waals surface area (Å²) in [5, 5.41) is 12.5. The second-order valence-corrected chi connectivity index (χ2v) is 10.8. The fourth-order valence-electron chi connectivity index (χ4n) is 4.35. The lowest BCUT2D eigenvalue weighted by atomic mass is 9.88. The number of nitrogens with one attached hydrogen (secondary N) is 1. The highest BCUT2D eigenvalue weighted by molar-refractivity contribution is 7.99. The van der Waals surface area contributed by atoms with Gasteiger partial charge in [0.15, 0.2) is 0 Å². The molecule has 0 saturated carbocycles. The first kappa shape index (κ1) is 23.6. The summed E-state index contributed by atoms with van der Waals surface area (Å²) in [6.07, 6.45) is 1.77. The minimum absolute atomic E-state index is 0.0210. The van der Waals surface area contributed by atoms with Crippen LogP contribution in [0.5, 0.6) is 0 Å². The van der Waals surface area contributed by atoms with Crippen LogP contribution in [0.15, 0.2) is 63.9 Å². The zero-order chi connectivity index (χ0) is 23.6. The molecule has 1 unspecified atom stereocenters. The van der Waals surface area contributed by atoms with Crippen molar-refractivity contribution in [1.82, 2.24) is 10.2 Å². The van der Waals surface area contributed by atoms with Crippen LogP contribution in [-0.4, -0.2) is 47.6 Å². The van der Waals surface area contributed by atoms with Gasteiger partial charge in [-0.3, -0.25) is 9.59 Å². The van der Waals surface area contributed by atoms with E-state index >= 15 is 0 Å². The Morgan fingerprint density at radius 3 is 2.06 bits per heavy atom. The summed E-state index contributed by atoms with van der Waals surface area (Å²) >= 11 is 1.81. The molecule has 5 nitrogen and oxygen atoms in total. The third-order valence-corrected chi connectivity index (χ3v) is 7.42. The largest absolute Gasteiger partial charge is 0.394 e. The number of carbonyl (C=O) groups is 2. The Morgan fingerprint density at radius 2 is 1.55 bits per heavy atom. The number of benzene rings is 2. The van der Waals surface area contributed by atoms with Gasteiger partial charge in [0.05, 0.1) is 12.6 Å². The van der Waals surface area contributed by atoms with Crippen molar-refractivity contribution >= 4 is 29.1 Å². The standard InChI is InChI=1S/C27H32N2O3S/c1-27(2,3)26(32)28-19(17-30)16-24(31)29-14-12-18(13-15-29)25-20-8-4-6-10-22(20)33-23-11-7-5-9-21(23)25/h4-11,19,30H,12-17H2,1-3H3,(H,28,32). The molecule has 2 amide bonds. The summed E-state index contributed by atoms with van der Waals surface area (Å²) in [6, 6.07) is 16.5. The van der Waals surface area contributed by atoms with E-state index in [-0.39, 0.29) is 24.8 Å². The third kappa shape index (κ3) is 5.17. The maximum atomic E-state index is 12.9. The second-order valence-electron chi connectivity index (χ2n) is 9.76. The normalized spacial score (nSPS) is 16.7. The van der Waals surface area contributed by atoms with E-state index in [1.165, 1.54) is 32.1 Å². The molecular formula is C27H32N2O3S. The van der Waals surface area contributed by atoms with Crippen LogP contribution in [0.4, 0.5) is 0 Å². The van der Waals surface area contributed by atoms with Crippen molar-refractivity contribution in [2.45, 2.75) is 55.9 Å². The molecule has 0 bridgehead atoms. The molecule has 1 fully saturated rings. The highest BCUT2D eigenvalue weighted by Gasteiger charge is 2.29. The average Bonchev–Trinajstić information content (AvgIpc) is 2.81. The van der Waals surface area contributed by atoms with Crippen LogP contribution in [0, 0.1) is 5.41 Å². The predicted molar refractivity (Wildman–Crippen MR) is 132 cm³/mol. The maximum Gasteiger partial charge on any atom is 0.225 e. The number of piperidine rings is 1. The first-order valence-electron chi connectivity index (χ1n) is 11.6. The molecule has 0 spiro atoms. The van der Waals surface area contributed by atoms with Gasteiger partial charge in [-0.1, -0.05) is 74.5 Å². The molecule has 2 aromatic rings. The summed E-state index contributed by atoms with van der Waals surface area (Å²) in [7, 11) is 0. The fourth-order valence-corrected chi connectivity index (χ4v) is 5.44. The van der Waals surface area contributed by atoms with Gasteiger partial charge < -0.3 is 15.3 Å². The molecule has 174 valence electrons. The highest BCUT2D eigenvalue weighted by atomic mass is 32.2. The minimum Gasteiger partial charge on any atom is -0.394 e. The van der Waals surface area contributed by atoms with Crippen LogP contribution in [0.1, 0.15) is 51.2 Å². The smallest absolute Gasteiger partial charge is 0.225 e. The topological polar surface area (TPSA) is 69.6 Å². The molecule has 2 aliphatic heterocycles. The summed E-state index contributed by atoms with van der Waals surface area (Å²) in [5.41, 5.74) is 4.70. The highest BCUT2D eigenvalue weighted by Crippen LogP contribution is 2.47. The van der Waals surface area contributed by atoms with Crippen LogP contribution in [0.2, 0.25) is 0 Å². The molecule has 2 aromatic carbocycles. The van der Waals surface area contributed by atoms with Crippen LogP contribution in [0.3, 0.4) is 0 Å². The lowest BCUT2D eigenvalue weighted by Crippen LogP contribution is -2.47. The lowest BCUT2D eigenvalue weighted by molar-refractivity contribution is -0.133.